The number of hydrogen-bond acceptors (Lipinski definition) is 19. The Morgan fingerprint density at radius 2 is 0.916 bits per heavy atom. The Morgan fingerprint density at radius 1 is 0.449 bits per heavy atom. The van der Waals surface area contributed by atoms with Crippen LogP contribution in [0, 0.1) is 5.92 Å². The number of aromatic amines is 5. The number of hydrogen-bond donors (Lipinski definition) is 10. The molecule has 0 aliphatic heterocycles. The number of halogens is 4. The first-order valence-electron chi connectivity index (χ1n) is 33.3. The molecule has 15 rings (SSSR count). The summed E-state index contributed by atoms with van der Waals surface area (Å²) in [6.07, 6.45) is 16.0. The normalized spacial score (nSPS) is 11.9. The number of phenolic OH excluding ortho intramolecular Hbond substituents is 4. The van der Waals surface area contributed by atoms with E-state index < -0.39 is 0 Å². The molecule has 6 heterocycles. The van der Waals surface area contributed by atoms with Crippen LogP contribution in [0.25, 0.3) is 92.6 Å². The topological polar surface area (TPSA) is 348 Å². The minimum atomic E-state index is -0.157. The van der Waals surface area contributed by atoms with Gasteiger partial charge in [0.15, 0.2) is 34.9 Å². The lowest BCUT2D eigenvalue weighted by molar-refractivity contribution is -0.117. The Kier molecular flexibility index (Phi) is 28.1. The van der Waals surface area contributed by atoms with E-state index in [9.17, 15) is 30.0 Å². The minimum absolute atomic E-state index is 0.116. The number of thioether (sulfide) groups is 2. The molecule has 540 valence electrons. The number of anilines is 1. The molecular weight excluding hydrogens is 1570 g/mol. The Morgan fingerprint density at radius 3 is 1.49 bits per heavy atom. The third-order valence-corrected chi connectivity index (χ3v) is 19.2. The van der Waals surface area contributed by atoms with Gasteiger partial charge in [0.1, 0.15) is 46.2 Å². The van der Waals surface area contributed by atoms with E-state index in [4.69, 9.17) is 23.2 Å². The molecule has 10 N–H and O–H groups in total. The molecule has 1 saturated carbocycles. The summed E-state index contributed by atoms with van der Waals surface area (Å²) in [4.78, 5) is 49.8. The van der Waals surface area contributed by atoms with Crippen molar-refractivity contribution < 1.29 is 30.0 Å². The van der Waals surface area contributed by atoms with Crippen molar-refractivity contribution in [2.75, 3.05) is 16.8 Å². The van der Waals surface area contributed by atoms with Gasteiger partial charge in [-0.25, -0.2) is 29.9 Å². The Hall–Kier alpha value is -11.3. The van der Waals surface area contributed by atoms with E-state index >= 15 is 0 Å². The lowest BCUT2D eigenvalue weighted by atomic mass is 9.86. The van der Waals surface area contributed by atoms with Crippen LogP contribution >= 0.6 is 78.6 Å². The number of benzene rings is 8. The van der Waals surface area contributed by atoms with E-state index in [1.54, 1.807) is 103 Å². The van der Waals surface area contributed by atoms with Crippen LogP contribution in [-0.4, -0.2) is 125 Å². The van der Waals surface area contributed by atoms with Gasteiger partial charge in [-0.3, -0.25) is 35.1 Å². The van der Waals surface area contributed by atoms with Crippen LogP contribution in [0.3, 0.4) is 0 Å². The maximum atomic E-state index is 12.1. The van der Waals surface area contributed by atoms with Crippen LogP contribution < -0.4 is 5.32 Å². The van der Waals surface area contributed by atoms with Crippen molar-refractivity contribution in [2.24, 2.45) is 5.92 Å². The van der Waals surface area contributed by atoms with Crippen LogP contribution in [0.2, 0.25) is 10.0 Å². The average Bonchev–Trinajstić information content (AvgIpc) is 1.72. The van der Waals surface area contributed by atoms with Crippen LogP contribution in [0.1, 0.15) is 61.3 Å². The van der Waals surface area contributed by atoms with Gasteiger partial charge in [-0.1, -0.05) is 222 Å². The summed E-state index contributed by atoms with van der Waals surface area (Å²) in [6, 6.07) is 63.9. The highest BCUT2D eigenvalue weighted by Gasteiger charge is 2.20. The largest absolute Gasteiger partial charge is 0.507 e. The zero-order valence-electron chi connectivity index (χ0n) is 56.7. The predicted octanol–water partition coefficient (Wildman–Crippen LogP) is 18.8. The molecule has 0 unspecified atom stereocenters. The van der Waals surface area contributed by atoms with E-state index in [1.165, 1.54) is 55.6 Å². The average molecular weight is 1630 g/mol. The fraction of sp³-hybridized carbons (Fsp3) is 0.115. The van der Waals surface area contributed by atoms with Crippen molar-refractivity contribution in [3.05, 3.63) is 260 Å². The van der Waals surface area contributed by atoms with Gasteiger partial charge in [0, 0.05) is 37.7 Å². The van der Waals surface area contributed by atoms with Crippen LogP contribution in [0.4, 0.5) is 5.82 Å². The molecule has 0 saturated heterocycles. The Bertz CT molecular complexity index is 5210. The molecule has 23 nitrogen and oxygen atoms in total. The van der Waals surface area contributed by atoms with Crippen molar-refractivity contribution in [1.82, 2.24) is 80.9 Å². The molecule has 107 heavy (non-hydrogen) atoms. The second-order valence-electron chi connectivity index (χ2n) is 23.4. The molecule has 1 aliphatic carbocycles. The number of ketones is 1. The predicted molar refractivity (Wildman–Crippen MR) is 428 cm³/mol. The standard InChI is InChI=1S/C17H20ClN3OS.C16H12BrN3O.C16H12ClN3O.C15H12BrN5OS.C14H11N3O2/c18-15-9-5-4-8-14(15)16-19-17(21-20-16)23-11-13(22)10-12-6-2-1-3-7-12;17-12-8-5-11(6-9-12)7-10-15-18-16(20-19-15)13-3-1-2-4-14(13)21;17-13-7-3-1-5-11(13)9-10-15-18-16(20-19-15)12-6-2-4-8-14(12)21;16-11-6-7-12(17-8-11)18-13(22)9-23-15-19-14(20-21-15)10-4-2-1-3-5-10;18-11-7-3-1-5-9(11)13-15-14(17-16-13)10-6-2-4-8-12(10)19/h4-5,8-9,12H,1-3,6-7,10-11H2,(H,19,20,21);2*1-10,21H,(H,18,19,20);1-8H,9H2,(H,17,18,22)(H,19,20,21);1-8,18-19H,(H,15,16,17)/b;10-7+;10-9+;;. The summed E-state index contributed by atoms with van der Waals surface area (Å²) >= 11 is 21.6. The summed E-state index contributed by atoms with van der Waals surface area (Å²) in [5.74, 6) is 6.77. The highest BCUT2D eigenvalue weighted by molar-refractivity contribution is 9.10. The molecule has 1 aliphatic rings. The number of H-pyrrole nitrogens is 5. The molecule has 29 heteroatoms. The van der Waals surface area contributed by atoms with Crippen molar-refractivity contribution in [3.63, 3.8) is 0 Å². The summed E-state index contributed by atoms with van der Waals surface area (Å²) < 4.78 is 1.90. The number of rotatable bonds is 19. The highest BCUT2D eigenvalue weighted by Crippen LogP contribution is 2.33. The molecule has 0 atom stereocenters. The number of amides is 1. The summed E-state index contributed by atoms with van der Waals surface area (Å²) in [5, 5.41) is 79.0. The first-order valence-corrected chi connectivity index (χ1v) is 37.6. The van der Waals surface area contributed by atoms with Crippen molar-refractivity contribution in [1.29, 1.82) is 0 Å². The lowest BCUT2D eigenvalue weighted by Gasteiger charge is -2.20. The SMILES string of the molecule is O=C(CSc1n[nH]c(-c2ccccc2)n1)Nc1ccc(Br)cn1.O=C(CSc1n[nH]c(-c2ccccc2Cl)n1)CC1CCCCC1.Oc1ccccc1-c1n[nH]c(-c2ccccc2O)n1.Oc1ccccc1-c1n[nH]c(/C=C/c2ccc(Br)cc2)n1.Oc1ccccc1-c1n[nH]c(/C=C/c2ccccc2Cl)n1. The smallest absolute Gasteiger partial charge is 0.236 e. The van der Waals surface area contributed by atoms with Crippen LogP contribution in [0.5, 0.6) is 23.0 Å². The van der Waals surface area contributed by atoms with Gasteiger partial charge >= 0.3 is 0 Å². The molecule has 0 spiro atoms. The minimum Gasteiger partial charge on any atom is -0.507 e. The number of nitrogens with zero attached hydrogens (tertiary/aromatic N) is 11. The van der Waals surface area contributed by atoms with E-state index in [2.05, 4.69) is 118 Å². The summed E-state index contributed by atoms with van der Waals surface area (Å²) in [7, 11) is 0. The van der Waals surface area contributed by atoms with E-state index in [-0.39, 0.29) is 34.7 Å². The Balaban J connectivity index is 0.000000133. The monoisotopic (exact) mass is 1630 g/mol. The first-order chi connectivity index (χ1) is 52.1. The van der Waals surface area contributed by atoms with Crippen molar-refractivity contribution >= 4 is 120 Å². The fourth-order valence-corrected chi connectivity index (χ4v) is 12.6. The summed E-state index contributed by atoms with van der Waals surface area (Å²) in [6.45, 7) is 0. The molecule has 0 bridgehead atoms. The molecule has 0 radical (unpaired) electrons. The molecule has 1 fully saturated rings. The maximum absolute atomic E-state index is 12.1. The van der Waals surface area contributed by atoms with E-state index in [0.717, 1.165) is 31.2 Å². The highest BCUT2D eigenvalue weighted by atomic mass is 79.9. The second kappa shape index (κ2) is 39.1. The van der Waals surface area contributed by atoms with Gasteiger partial charge in [0.05, 0.1) is 38.8 Å². The second-order valence-corrected chi connectivity index (χ2v) is 27.9. The summed E-state index contributed by atoms with van der Waals surface area (Å²) in [5.41, 5.74) is 6.05. The Labute approximate surface area is 649 Å². The molecule has 6 aromatic heterocycles. The third kappa shape index (κ3) is 23.1. The van der Waals surface area contributed by atoms with E-state index in [0.29, 0.717) is 119 Å². The van der Waals surface area contributed by atoms with Crippen molar-refractivity contribution in [2.45, 2.75) is 48.8 Å². The number of para-hydroxylation sites is 4. The molecule has 8 aromatic carbocycles. The zero-order chi connectivity index (χ0) is 74.7. The van der Waals surface area contributed by atoms with Gasteiger partial charge in [-0.2, -0.15) is 15.3 Å². The number of aromatic nitrogens is 16. The van der Waals surface area contributed by atoms with Gasteiger partial charge in [0.25, 0.3) is 0 Å². The van der Waals surface area contributed by atoms with Crippen molar-refractivity contribution in [3.8, 4) is 91.3 Å². The number of carbonyl (C=O) groups is 2. The molecule has 14 aromatic rings. The number of carbonyl (C=O) groups excluding carboxylic acids is 2. The quantitative estimate of drug-likeness (QED) is 0.0336. The number of pyridine rings is 1. The lowest BCUT2D eigenvalue weighted by Crippen LogP contribution is -2.14. The van der Waals surface area contributed by atoms with Crippen LogP contribution in [-0.2, 0) is 9.59 Å². The number of phenols is 4. The van der Waals surface area contributed by atoms with Gasteiger partial charge in [0.2, 0.25) is 16.2 Å². The van der Waals surface area contributed by atoms with E-state index in [1.807, 2.05) is 140 Å². The fourth-order valence-electron chi connectivity index (χ4n) is 10.4. The number of Topliss-reactive ketones (excluding diaryl/α,β-unsaturated/α-hetero) is 1. The first kappa shape index (κ1) is 76.8. The zero-order valence-corrected chi connectivity index (χ0v) is 63.0. The van der Waals surface area contributed by atoms with Gasteiger partial charge < -0.3 is 25.7 Å². The van der Waals surface area contributed by atoms with Gasteiger partial charge in [-0.15, -0.1) is 10.2 Å². The number of nitrogens with one attached hydrogen (secondary N) is 6. The molecular formula is C78H67Br2Cl2N17O6S2. The third-order valence-electron chi connectivity index (χ3n) is 15.8. The maximum Gasteiger partial charge on any atom is 0.236 e. The molecule has 1 amide bonds. The number of aromatic hydroxyl groups is 4. The van der Waals surface area contributed by atoms with Gasteiger partial charge in [-0.05, 0) is 142 Å². The van der Waals surface area contributed by atoms with Crippen LogP contribution in [0.15, 0.2) is 238 Å².